The van der Waals surface area contributed by atoms with E-state index in [-0.39, 0.29) is 18.9 Å². The number of ether oxygens (including phenoxy) is 1. The second-order valence-corrected chi connectivity index (χ2v) is 7.77. The molecular weight excluding hydrogens is 344 g/mol. The molecule has 1 aliphatic heterocycles. The number of hydrogen-bond acceptors (Lipinski definition) is 5. The lowest BCUT2D eigenvalue weighted by molar-refractivity contribution is -0.150. The van der Waals surface area contributed by atoms with Gasteiger partial charge in [-0.15, -0.1) is 0 Å². The van der Waals surface area contributed by atoms with Crippen LogP contribution in [0.15, 0.2) is 18.2 Å². The Labute approximate surface area is 152 Å². The molecule has 1 aromatic carbocycles. The van der Waals surface area contributed by atoms with Crippen molar-refractivity contribution in [2.45, 2.75) is 55.8 Å². The largest absolute Gasteiger partial charge is 0.487 e. The SMILES string of the molecule is O[C@H]1CCN(CC2(O)CCCCC2)C[C@]1(O)COc1cc(F)ccc1F. The Kier molecular flexibility index (Phi) is 5.81. The number of β-amino-alcohol motifs (C(OH)–C–C–N with tert-alkyl or cyclic N) is 2. The molecule has 5 nitrogen and oxygen atoms in total. The fourth-order valence-corrected chi connectivity index (χ4v) is 4.00. The highest BCUT2D eigenvalue weighted by molar-refractivity contribution is 5.25. The number of aliphatic hydroxyl groups is 3. The average Bonchev–Trinajstić information content (AvgIpc) is 2.59. The maximum atomic E-state index is 13.7. The molecule has 1 saturated heterocycles. The minimum absolute atomic E-state index is 0.105. The monoisotopic (exact) mass is 371 g/mol. The molecule has 1 aliphatic carbocycles. The number of piperidine rings is 1. The summed E-state index contributed by atoms with van der Waals surface area (Å²) in [5, 5.41) is 31.8. The maximum Gasteiger partial charge on any atom is 0.165 e. The van der Waals surface area contributed by atoms with Gasteiger partial charge in [-0.1, -0.05) is 19.3 Å². The zero-order valence-electron chi connectivity index (χ0n) is 14.8. The lowest BCUT2D eigenvalue weighted by Crippen LogP contribution is -2.62. The molecule has 1 saturated carbocycles. The molecule has 1 heterocycles. The van der Waals surface area contributed by atoms with Gasteiger partial charge < -0.3 is 20.1 Å². The van der Waals surface area contributed by atoms with Gasteiger partial charge in [-0.2, -0.15) is 0 Å². The van der Waals surface area contributed by atoms with Crippen LogP contribution in [0.25, 0.3) is 0 Å². The molecule has 0 bridgehead atoms. The minimum atomic E-state index is -1.61. The summed E-state index contributed by atoms with van der Waals surface area (Å²) in [5.41, 5.74) is -2.38. The van der Waals surface area contributed by atoms with Crippen molar-refractivity contribution in [2.75, 3.05) is 26.2 Å². The molecule has 3 N–H and O–H groups in total. The summed E-state index contributed by atoms with van der Waals surface area (Å²) < 4.78 is 32.2. The Morgan fingerprint density at radius 1 is 1.15 bits per heavy atom. The van der Waals surface area contributed by atoms with Crippen LogP contribution in [0.1, 0.15) is 38.5 Å². The summed E-state index contributed by atoms with van der Waals surface area (Å²) in [7, 11) is 0. The van der Waals surface area contributed by atoms with Gasteiger partial charge in [0.05, 0.1) is 11.7 Å². The van der Waals surface area contributed by atoms with Crippen molar-refractivity contribution in [2.24, 2.45) is 0 Å². The van der Waals surface area contributed by atoms with E-state index in [4.69, 9.17) is 4.74 Å². The second-order valence-electron chi connectivity index (χ2n) is 7.77. The van der Waals surface area contributed by atoms with Crippen LogP contribution in [-0.2, 0) is 0 Å². The smallest absolute Gasteiger partial charge is 0.165 e. The first-order valence-corrected chi connectivity index (χ1v) is 9.23. The zero-order valence-corrected chi connectivity index (χ0v) is 14.8. The number of nitrogens with zero attached hydrogens (tertiary/aromatic N) is 1. The van der Waals surface area contributed by atoms with E-state index in [1.54, 1.807) is 0 Å². The molecule has 146 valence electrons. The summed E-state index contributed by atoms with van der Waals surface area (Å²) in [6.45, 7) is 0.730. The highest BCUT2D eigenvalue weighted by atomic mass is 19.1. The van der Waals surface area contributed by atoms with Crippen molar-refractivity contribution in [3.05, 3.63) is 29.8 Å². The first kappa shape index (κ1) is 19.5. The Balaban J connectivity index is 1.63. The third-order valence-electron chi connectivity index (χ3n) is 5.51. The fraction of sp³-hybridized carbons (Fsp3) is 0.684. The van der Waals surface area contributed by atoms with Gasteiger partial charge in [0.2, 0.25) is 0 Å². The molecule has 0 unspecified atom stereocenters. The van der Waals surface area contributed by atoms with Gasteiger partial charge in [0, 0.05) is 25.7 Å². The summed E-state index contributed by atoms with van der Waals surface area (Å²) >= 11 is 0. The van der Waals surface area contributed by atoms with Crippen LogP contribution in [-0.4, -0.2) is 63.8 Å². The van der Waals surface area contributed by atoms with Crippen LogP contribution in [0.4, 0.5) is 8.78 Å². The Bertz CT molecular complexity index is 624. The van der Waals surface area contributed by atoms with Gasteiger partial charge in [-0.25, -0.2) is 8.78 Å². The number of halogens is 2. The van der Waals surface area contributed by atoms with Gasteiger partial charge in [0.1, 0.15) is 18.0 Å². The third-order valence-corrected chi connectivity index (χ3v) is 5.51. The van der Waals surface area contributed by atoms with Crippen LogP contribution < -0.4 is 4.74 Å². The minimum Gasteiger partial charge on any atom is -0.487 e. The quantitative estimate of drug-likeness (QED) is 0.737. The maximum absolute atomic E-state index is 13.7. The molecule has 0 aromatic heterocycles. The third kappa shape index (κ3) is 4.52. The second kappa shape index (κ2) is 7.76. The van der Waals surface area contributed by atoms with Crippen molar-refractivity contribution in [1.29, 1.82) is 0 Å². The van der Waals surface area contributed by atoms with Gasteiger partial charge in [-0.3, -0.25) is 4.90 Å². The first-order valence-electron chi connectivity index (χ1n) is 9.23. The molecule has 7 heteroatoms. The molecule has 2 fully saturated rings. The van der Waals surface area contributed by atoms with Crippen LogP contribution >= 0.6 is 0 Å². The molecule has 26 heavy (non-hydrogen) atoms. The van der Waals surface area contributed by atoms with Crippen LogP contribution in [0, 0.1) is 11.6 Å². The van der Waals surface area contributed by atoms with E-state index < -0.39 is 28.9 Å². The molecule has 2 aliphatic rings. The van der Waals surface area contributed by atoms with Crippen molar-refractivity contribution in [3.8, 4) is 5.75 Å². The Hall–Kier alpha value is -1.28. The van der Waals surface area contributed by atoms with E-state index in [1.807, 2.05) is 4.90 Å². The van der Waals surface area contributed by atoms with Gasteiger partial charge in [0.25, 0.3) is 0 Å². The van der Waals surface area contributed by atoms with E-state index >= 15 is 0 Å². The fourth-order valence-electron chi connectivity index (χ4n) is 4.00. The van der Waals surface area contributed by atoms with Crippen molar-refractivity contribution in [3.63, 3.8) is 0 Å². The number of rotatable bonds is 5. The van der Waals surface area contributed by atoms with Gasteiger partial charge >= 0.3 is 0 Å². The predicted octanol–water partition coefficient (Wildman–Crippen LogP) is 1.84. The van der Waals surface area contributed by atoms with E-state index in [2.05, 4.69) is 0 Å². The predicted molar refractivity (Wildman–Crippen MR) is 91.9 cm³/mol. The van der Waals surface area contributed by atoms with E-state index in [1.165, 1.54) is 0 Å². The lowest BCUT2D eigenvalue weighted by atomic mass is 9.83. The van der Waals surface area contributed by atoms with Crippen LogP contribution in [0.5, 0.6) is 5.75 Å². The summed E-state index contributed by atoms with van der Waals surface area (Å²) in [5.74, 6) is -1.67. The summed E-state index contributed by atoms with van der Waals surface area (Å²) in [6, 6.07) is 2.85. The molecule has 0 spiro atoms. The highest BCUT2D eigenvalue weighted by Gasteiger charge is 2.44. The van der Waals surface area contributed by atoms with Gasteiger partial charge in [-0.05, 0) is 31.4 Å². The molecule has 0 amide bonds. The van der Waals surface area contributed by atoms with Crippen molar-refractivity contribution >= 4 is 0 Å². The molecule has 0 radical (unpaired) electrons. The Morgan fingerprint density at radius 2 is 1.88 bits per heavy atom. The topological polar surface area (TPSA) is 73.2 Å². The van der Waals surface area contributed by atoms with E-state index in [0.29, 0.717) is 19.5 Å². The number of aliphatic hydroxyl groups excluding tert-OH is 1. The van der Waals surface area contributed by atoms with Gasteiger partial charge in [0.15, 0.2) is 11.6 Å². The molecule has 1 aromatic rings. The summed E-state index contributed by atoms with van der Waals surface area (Å²) in [4.78, 5) is 1.92. The molecule has 3 rings (SSSR count). The van der Waals surface area contributed by atoms with Crippen molar-refractivity contribution in [1.82, 2.24) is 4.90 Å². The number of benzene rings is 1. The lowest BCUT2D eigenvalue weighted by Gasteiger charge is -2.45. The van der Waals surface area contributed by atoms with Crippen molar-refractivity contribution < 1.29 is 28.8 Å². The van der Waals surface area contributed by atoms with E-state index in [9.17, 15) is 24.1 Å². The van der Waals surface area contributed by atoms with Crippen LogP contribution in [0.3, 0.4) is 0 Å². The first-order chi connectivity index (χ1) is 12.3. The molecular formula is C19H27F2NO4. The Morgan fingerprint density at radius 3 is 2.62 bits per heavy atom. The average molecular weight is 371 g/mol. The van der Waals surface area contributed by atoms with E-state index in [0.717, 1.165) is 50.3 Å². The number of hydrogen-bond donors (Lipinski definition) is 3. The van der Waals surface area contributed by atoms with Crippen LogP contribution in [0.2, 0.25) is 0 Å². The number of likely N-dealkylation sites (tertiary alicyclic amines) is 1. The summed E-state index contributed by atoms with van der Waals surface area (Å²) in [6.07, 6.45) is 3.85. The highest BCUT2D eigenvalue weighted by Crippen LogP contribution is 2.31. The molecule has 2 atom stereocenters. The zero-order chi connectivity index (χ0) is 18.8. The normalized spacial score (nSPS) is 29.5. The standard InChI is InChI=1S/C19H27F2NO4/c20-14-4-5-15(21)16(10-14)26-13-19(25)12-22(9-6-17(19)23)11-18(24)7-2-1-3-8-18/h4-5,10,17,23-25H,1-3,6-9,11-13H2/t17-,19-/m0/s1.